The van der Waals surface area contributed by atoms with Crippen molar-refractivity contribution < 1.29 is 14.3 Å². The van der Waals surface area contributed by atoms with Crippen LogP contribution in [-0.4, -0.2) is 34.4 Å². The number of hydrogen-bond donors (Lipinski definition) is 2. The van der Waals surface area contributed by atoms with Crippen LogP contribution >= 0.6 is 23.1 Å². The average Bonchev–Trinajstić information content (AvgIpc) is 3.15. The van der Waals surface area contributed by atoms with E-state index in [9.17, 15) is 9.59 Å². The zero-order valence-electron chi connectivity index (χ0n) is 16.9. The lowest BCUT2D eigenvalue weighted by Gasteiger charge is -2.10. The number of aromatic nitrogens is 2. The van der Waals surface area contributed by atoms with E-state index in [0.717, 1.165) is 11.1 Å². The van der Waals surface area contributed by atoms with Crippen LogP contribution in [0.25, 0.3) is 0 Å². The van der Waals surface area contributed by atoms with Gasteiger partial charge in [-0.15, -0.1) is 10.2 Å². The molecule has 2 N–H and O–H groups in total. The summed E-state index contributed by atoms with van der Waals surface area (Å²) in [5.41, 5.74) is 3.24. The Kier molecular flexibility index (Phi) is 7.42. The van der Waals surface area contributed by atoms with Crippen LogP contribution in [0, 0.1) is 13.8 Å². The Labute approximate surface area is 183 Å². The summed E-state index contributed by atoms with van der Waals surface area (Å²) in [5.74, 6) is 0.383. The van der Waals surface area contributed by atoms with Gasteiger partial charge in [0.15, 0.2) is 4.34 Å². The number of rotatable bonds is 8. The van der Waals surface area contributed by atoms with E-state index in [2.05, 4.69) is 20.8 Å². The highest BCUT2D eigenvalue weighted by Crippen LogP contribution is 2.27. The molecule has 2 aromatic carbocycles. The third kappa shape index (κ3) is 6.04. The van der Waals surface area contributed by atoms with Crippen molar-refractivity contribution in [3.63, 3.8) is 0 Å². The molecule has 0 spiro atoms. The molecule has 156 valence electrons. The topological polar surface area (TPSA) is 93.2 Å². The zero-order chi connectivity index (χ0) is 21.5. The molecule has 0 fully saturated rings. The number of nitrogens with one attached hydrogen (secondary N) is 2. The molecule has 2 amide bonds. The summed E-state index contributed by atoms with van der Waals surface area (Å²) in [7, 11) is 0. The molecule has 0 aliphatic heterocycles. The minimum atomic E-state index is -0.236. The van der Waals surface area contributed by atoms with Crippen LogP contribution in [0.4, 0.5) is 10.8 Å². The number of nitrogens with zero attached hydrogens (tertiary/aromatic N) is 2. The lowest BCUT2D eigenvalue weighted by atomic mass is 10.1. The van der Waals surface area contributed by atoms with Gasteiger partial charge in [-0.05, 0) is 45.0 Å². The van der Waals surface area contributed by atoms with Crippen LogP contribution in [0.3, 0.4) is 0 Å². The molecule has 30 heavy (non-hydrogen) atoms. The molecule has 0 bridgehead atoms. The molecule has 3 rings (SSSR count). The van der Waals surface area contributed by atoms with E-state index in [4.69, 9.17) is 4.74 Å². The second-order valence-electron chi connectivity index (χ2n) is 6.47. The van der Waals surface area contributed by atoms with Crippen LogP contribution < -0.4 is 15.4 Å². The van der Waals surface area contributed by atoms with Gasteiger partial charge in [0.05, 0.1) is 18.0 Å². The van der Waals surface area contributed by atoms with E-state index in [1.54, 1.807) is 6.07 Å². The van der Waals surface area contributed by atoms with Crippen molar-refractivity contribution in [3.8, 4) is 5.75 Å². The number of para-hydroxylation sites is 2. The second-order valence-corrected chi connectivity index (χ2v) is 8.67. The van der Waals surface area contributed by atoms with Gasteiger partial charge in [0.25, 0.3) is 5.91 Å². The molecule has 0 saturated carbocycles. The van der Waals surface area contributed by atoms with Gasteiger partial charge in [-0.3, -0.25) is 14.9 Å². The first-order valence-electron chi connectivity index (χ1n) is 9.32. The Morgan fingerprint density at radius 1 is 1.07 bits per heavy atom. The van der Waals surface area contributed by atoms with Gasteiger partial charge in [0.2, 0.25) is 11.0 Å². The average molecular weight is 443 g/mol. The lowest BCUT2D eigenvalue weighted by Crippen LogP contribution is -2.14. The maximum atomic E-state index is 12.4. The Hall–Kier alpha value is -2.91. The molecule has 1 aromatic heterocycles. The van der Waals surface area contributed by atoms with Gasteiger partial charge in [-0.25, -0.2) is 0 Å². The molecule has 1 heterocycles. The largest absolute Gasteiger partial charge is 0.492 e. The summed E-state index contributed by atoms with van der Waals surface area (Å²) in [6, 6.07) is 12.9. The Balaban J connectivity index is 1.54. The molecular weight excluding hydrogens is 420 g/mol. The first kappa shape index (κ1) is 21.8. The zero-order valence-corrected chi connectivity index (χ0v) is 18.5. The number of aryl methyl sites for hydroxylation is 2. The van der Waals surface area contributed by atoms with Crippen LogP contribution in [0.2, 0.25) is 0 Å². The predicted octanol–water partition coefficient (Wildman–Crippen LogP) is 4.54. The molecule has 0 aliphatic rings. The smallest absolute Gasteiger partial charge is 0.257 e. The monoisotopic (exact) mass is 442 g/mol. The molecule has 0 saturated heterocycles. The van der Waals surface area contributed by atoms with E-state index in [-0.39, 0.29) is 17.6 Å². The van der Waals surface area contributed by atoms with E-state index in [1.807, 2.05) is 57.2 Å². The highest BCUT2D eigenvalue weighted by atomic mass is 32.2. The highest BCUT2D eigenvalue weighted by molar-refractivity contribution is 8.01. The second kappa shape index (κ2) is 10.2. The van der Waals surface area contributed by atoms with E-state index >= 15 is 0 Å². The summed E-state index contributed by atoms with van der Waals surface area (Å²) in [4.78, 5) is 24.7. The summed E-state index contributed by atoms with van der Waals surface area (Å²) in [6.45, 7) is 6.30. The molecule has 0 aliphatic carbocycles. The van der Waals surface area contributed by atoms with Crippen LogP contribution in [0.15, 0.2) is 46.8 Å². The van der Waals surface area contributed by atoms with E-state index in [0.29, 0.717) is 33.1 Å². The highest BCUT2D eigenvalue weighted by Gasteiger charge is 2.13. The Morgan fingerprint density at radius 3 is 2.53 bits per heavy atom. The minimum Gasteiger partial charge on any atom is -0.492 e. The molecule has 0 unspecified atom stereocenters. The molecule has 0 radical (unpaired) electrons. The predicted molar refractivity (Wildman–Crippen MR) is 121 cm³/mol. The van der Waals surface area contributed by atoms with E-state index < -0.39 is 0 Å². The number of ether oxygens (including phenoxy) is 1. The fourth-order valence-electron chi connectivity index (χ4n) is 2.76. The van der Waals surface area contributed by atoms with Crippen molar-refractivity contribution in [2.75, 3.05) is 23.0 Å². The van der Waals surface area contributed by atoms with Gasteiger partial charge in [-0.2, -0.15) is 0 Å². The molecule has 3 aromatic rings. The molecular formula is C21H22N4O3S2. The fraction of sp³-hybridized carbons (Fsp3) is 0.238. The Morgan fingerprint density at radius 2 is 1.80 bits per heavy atom. The summed E-state index contributed by atoms with van der Waals surface area (Å²) in [5, 5.41) is 14.0. The van der Waals surface area contributed by atoms with Crippen molar-refractivity contribution >= 4 is 45.7 Å². The Bertz CT molecular complexity index is 1030. The first-order chi connectivity index (χ1) is 14.4. The number of amides is 2. The van der Waals surface area contributed by atoms with Crippen LogP contribution in [-0.2, 0) is 4.79 Å². The van der Waals surface area contributed by atoms with Gasteiger partial charge < -0.3 is 10.1 Å². The number of carbonyl (C=O) groups is 2. The molecule has 0 atom stereocenters. The van der Waals surface area contributed by atoms with Crippen LogP contribution in [0.1, 0.15) is 28.4 Å². The first-order valence-corrected chi connectivity index (χ1v) is 11.1. The minimum absolute atomic E-state index is 0.167. The third-order valence-corrected chi connectivity index (χ3v) is 5.87. The van der Waals surface area contributed by atoms with Crippen molar-refractivity contribution in [3.05, 3.63) is 59.2 Å². The maximum absolute atomic E-state index is 12.4. The maximum Gasteiger partial charge on any atom is 0.257 e. The molecule has 9 heteroatoms. The van der Waals surface area contributed by atoms with Crippen LogP contribution in [0.5, 0.6) is 5.75 Å². The van der Waals surface area contributed by atoms with Crippen molar-refractivity contribution in [2.24, 2.45) is 0 Å². The number of anilines is 2. The summed E-state index contributed by atoms with van der Waals surface area (Å²) < 4.78 is 6.11. The normalized spacial score (nSPS) is 10.5. The van der Waals surface area contributed by atoms with Gasteiger partial charge in [0, 0.05) is 5.56 Å². The van der Waals surface area contributed by atoms with Gasteiger partial charge >= 0.3 is 0 Å². The quantitative estimate of drug-likeness (QED) is 0.393. The number of hydrogen-bond acceptors (Lipinski definition) is 7. The van der Waals surface area contributed by atoms with Gasteiger partial charge in [0.1, 0.15) is 5.75 Å². The number of carbonyl (C=O) groups excluding carboxylic acids is 2. The lowest BCUT2D eigenvalue weighted by molar-refractivity contribution is -0.113. The SMILES string of the molecule is CCOc1ccccc1NC(=O)CSc1nnc(NC(=O)c2cc(C)cc(C)c2)s1. The van der Waals surface area contributed by atoms with Crippen molar-refractivity contribution in [2.45, 2.75) is 25.1 Å². The van der Waals surface area contributed by atoms with Crippen molar-refractivity contribution in [1.82, 2.24) is 10.2 Å². The molecule has 7 nitrogen and oxygen atoms in total. The van der Waals surface area contributed by atoms with Gasteiger partial charge in [-0.1, -0.05) is 52.4 Å². The number of benzene rings is 2. The number of thioether (sulfide) groups is 1. The van der Waals surface area contributed by atoms with Crippen molar-refractivity contribution in [1.29, 1.82) is 0 Å². The summed E-state index contributed by atoms with van der Waals surface area (Å²) in [6.07, 6.45) is 0. The van der Waals surface area contributed by atoms with E-state index in [1.165, 1.54) is 23.1 Å². The standard InChI is InChI=1S/C21H22N4O3S2/c1-4-28-17-8-6-5-7-16(17)22-18(26)12-29-21-25-24-20(30-21)23-19(27)15-10-13(2)9-14(3)11-15/h5-11H,4,12H2,1-3H3,(H,22,26)(H,23,24,27). The fourth-order valence-corrected chi connectivity index (χ4v) is 4.31. The third-order valence-electron chi connectivity index (χ3n) is 3.90. The summed E-state index contributed by atoms with van der Waals surface area (Å²) >= 11 is 2.48.